The van der Waals surface area contributed by atoms with Crippen molar-refractivity contribution in [2.75, 3.05) is 11.9 Å². The fourth-order valence-corrected chi connectivity index (χ4v) is 2.08. The van der Waals surface area contributed by atoms with Crippen LogP contribution >= 0.6 is 12.2 Å². The first-order chi connectivity index (χ1) is 11.4. The molecule has 9 heteroatoms. The molecule has 1 unspecified atom stereocenters. The van der Waals surface area contributed by atoms with Crippen molar-refractivity contribution in [2.24, 2.45) is 0 Å². The fourth-order valence-electron chi connectivity index (χ4n) is 1.88. The Labute approximate surface area is 141 Å². The number of non-ortho nitro benzene ring substituents is 1. The number of benzene rings is 2. The molecule has 0 saturated heterocycles. The Kier molecular flexibility index (Phi) is 5.72. The molecule has 0 radical (unpaired) electrons. The standard InChI is InChI=1S/C15H13F2N3O3S/c16-10-3-6-13(12(17)7-10)19-15(24)18-8-14(21)9-1-4-11(5-2-9)20(22)23/h1-7,14,21H,8H2,(H2,18,19,24). The van der Waals surface area contributed by atoms with Crippen molar-refractivity contribution in [2.45, 2.75) is 6.10 Å². The first-order valence-corrected chi connectivity index (χ1v) is 7.20. The quantitative estimate of drug-likeness (QED) is 0.435. The summed E-state index contributed by atoms with van der Waals surface area (Å²) >= 11 is 4.97. The Balaban J connectivity index is 1.89. The molecule has 0 fully saturated rings. The van der Waals surface area contributed by atoms with Crippen molar-refractivity contribution >= 4 is 28.7 Å². The molecule has 0 aromatic heterocycles. The molecule has 2 aromatic rings. The number of halogens is 2. The lowest BCUT2D eigenvalue weighted by Crippen LogP contribution is -2.32. The van der Waals surface area contributed by atoms with Crippen LogP contribution in [0.3, 0.4) is 0 Å². The topological polar surface area (TPSA) is 87.4 Å². The van der Waals surface area contributed by atoms with Gasteiger partial charge in [-0.15, -0.1) is 0 Å². The molecule has 3 N–H and O–H groups in total. The van der Waals surface area contributed by atoms with Gasteiger partial charge in [0.1, 0.15) is 11.6 Å². The van der Waals surface area contributed by atoms with Gasteiger partial charge >= 0.3 is 0 Å². The number of hydrogen-bond donors (Lipinski definition) is 3. The van der Waals surface area contributed by atoms with Gasteiger partial charge in [0.2, 0.25) is 0 Å². The second-order valence-electron chi connectivity index (χ2n) is 4.82. The molecular weight excluding hydrogens is 340 g/mol. The molecule has 0 aliphatic carbocycles. The van der Waals surface area contributed by atoms with Gasteiger partial charge < -0.3 is 15.7 Å². The smallest absolute Gasteiger partial charge is 0.269 e. The van der Waals surface area contributed by atoms with E-state index in [9.17, 15) is 24.0 Å². The molecule has 6 nitrogen and oxygen atoms in total. The third kappa shape index (κ3) is 4.67. The van der Waals surface area contributed by atoms with Gasteiger partial charge in [-0.2, -0.15) is 0 Å². The number of nitro benzene ring substituents is 1. The lowest BCUT2D eigenvalue weighted by Gasteiger charge is -2.15. The molecule has 2 rings (SSSR count). The van der Waals surface area contributed by atoms with Crippen LogP contribution in [0.5, 0.6) is 0 Å². The molecule has 0 aliphatic heterocycles. The second-order valence-corrected chi connectivity index (χ2v) is 5.23. The first kappa shape index (κ1) is 17.7. The van der Waals surface area contributed by atoms with E-state index in [1.54, 1.807) is 0 Å². The zero-order chi connectivity index (χ0) is 17.7. The molecule has 126 valence electrons. The van der Waals surface area contributed by atoms with Crippen molar-refractivity contribution < 1.29 is 18.8 Å². The molecule has 0 amide bonds. The van der Waals surface area contributed by atoms with Gasteiger partial charge in [0.15, 0.2) is 5.11 Å². The van der Waals surface area contributed by atoms with Gasteiger partial charge in [0.25, 0.3) is 5.69 Å². The van der Waals surface area contributed by atoms with Crippen LogP contribution < -0.4 is 10.6 Å². The maximum Gasteiger partial charge on any atom is 0.269 e. The summed E-state index contributed by atoms with van der Waals surface area (Å²) in [6, 6.07) is 8.43. The summed E-state index contributed by atoms with van der Waals surface area (Å²) in [7, 11) is 0. The minimum atomic E-state index is -0.969. The molecular formula is C15H13F2N3O3S. The van der Waals surface area contributed by atoms with E-state index in [0.29, 0.717) is 5.56 Å². The number of thiocarbonyl (C=S) groups is 1. The average molecular weight is 353 g/mol. The van der Waals surface area contributed by atoms with Crippen molar-refractivity contribution in [3.63, 3.8) is 0 Å². The van der Waals surface area contributed by atoms with Crippen LogP contribution in [0.4, 0.5) is 20.2 Å². The Hall–Kier alpha value is -2.65. The highest BCUT2D eigenvalue weighted by molar-refractivity contribution is 7.80. The van der Waals surface area contributed by atoms with Crippen LogP contribution in [0.2, 0.25) is 0 Å². The summed E-state index contributed by atoms with van der Waals surface area (Å²) in [5.41, 5.74) is 0.380. The normalized spacial score (nSPS) is 11.6. The Bertz CT molecular complexity index is 756. The summed E-state index contributed by atoms with van der Waals surface area (Å²) in [4.78, 5) is 10.0. The predicted octanol–water partition coefficient (Wildman–Crippen LogP) is 2.89. The predicted molar refractivity (Wildman–Crippen MR) is 88.6 cm³/mol. The number of rotatable bonds is 5. The van der Waals surface area contributed by atoms with Crippen molar-refractivity contribution in [3.8, 4) is 0 Å². The lowest BCUT2D eigenvalue weighted by atomic mass is 10.1. The van der Waals surface area contributed by atoms with Crippen LogP contribution in [0.15, 0.2) is 42.5 Å². The SMILES string of the molecule is O=[N+]([O-])c1ccc(C(O)CNC(=S)Nc2ccc(F)cc2F)cc1. The zero-order valence-corrected chi connectivity index (χ0v) is 13.0. The van der Waals surface area contributed by atoms with E-state index in [4.69, 9.17) is 12.2 Å². The van der Waals surface area contributed by atoms with Crippen molar-refractivity contribution in [1.29, 1.82) is 0 Å². The number of aliphatic hydroxyl groups is 1. The maximum atomic E-state index is 13.5. The van der Waals surface area contributed by atoms with E-state index in [0.717, 1.165) is 12.1 Å². The summed E-state index contributed by atoms with van der Waals surface area (Å²) in [6.45, 7) is 0.00641. The van der Waals surface area contributed by atoms with E-state index in [1.807, 2.05) is 0 Å². The summed E-state index contributed by atoms with van der Waals surface area (Å²) < 4.78 is 26.3. The van der Waals surface area contributed by atoms with E-state index < -0.39 is 22.7 Å². The largest absolute Gasteiger partial charge is 0.387 e. The highest BCUT2D eigenvalue weighted by atomic mass is 32.1. The van der Waals surface area contributed by atoms with Crippen molar-refractivity contribution in [3.05, 3.63) is 69.8 Å². The van der Waals surface area contributed by atoms with Gasteiger partial charge in [-0.3, -0.25) is 10.1 Å². The van der Waals surface area contributed by atoms with Crippen LogP contribution in [0, 0.1) is 21.7 Å². The number of nitro groups is 1. The van der Waals surface area contributed by atoms with Crippen LogP contribution in [-0.4, -0.2) is 21.7 Å². The summed E-state index contributed by atoms with van der Waals surface area (Å²) in [6.07, 6.45) is -0.969. The highest BCUT2D eigenvalue weighted by Gasteiger charge is 2.12. The van der Waals surface area contributed by atoms with Gasteiger partial charge in [-0.05, 0) is 42.0 Å². The van der Waals surface area contributed by atoms with E-state index in [1.165, 1.54) is 30.3 Å². The number of hydrogen-bond acceptors (Lipinski definition) is 4. The summed E-state index contributed by atoms with van der Waals surface area (Å²) in [5.74, 6) is -1.50. The minimum absolute atomic E-state index is 0.00118. The molecule has 24 heavy (non-hydrogen) atoms. The second kappa shape index (κ2) is 7.75. The third-order valence-corrected chi connectivity index (χ3v) is 3.37. The van der Waals surface area contributed by atoms with Crippen LogP contribution in [-0.2, 0) is 0 Å². The highest BCUT2D eigenvalue weighted by Crippen LogP contribution is 2.18. The zero-order valence-electron chi connectivity index (χ0n) is 12.2. The minimum Gasteiger partial charge on any atom is -0.387 e. The third-order valence-electron chi connectivity index (χ3n) is 3.12. The number of nitrogens with one attached hydrogen (secondary N) is 2. The fraction of sp³-hybridized carbons (Fsp3) is 0.133. The molecule has 0 aliphatic rings. The van der Waals surface area contributed by atoms with Crippen LogP contribution in [0.25, 0.3) is 0 Å². The molecule has 1 atom stereocenters. The van der Waals surface area contributed by atoms with Gasteiger partial charge in [0, 0.05) is 24.7 Å². The van der Waals surface area contributed by atoms with Gasteiger partial charge in [-0.1, -0.05) is 0 Å². The molecule has 0 bridgehead atoms. The number of aliphatic hydroxyl groups excluding tert-OH is 1. The van der Waals surface area contributed by atoms with Crippen molar-refractivity contribution in [1.82, 2.24) is 5.32 Å². The lowest BCUT2D eigenvalue weighted by molar-refractivity contribution is -0.384. The Morgan fingerprint density at radius 1 is 1.25 bits per heavy atom. The number of anilines is 1. The van der Waals surface area contributed by atoms with E-state index in [2.05, 4.69) is 10.6 Å². The Morgan fingerprint density at radius 2 is 1.92 bits per heavy atom. The molecule has 0 spiro atoms. The molecule has 0 heterocycles. The van der Waals surface area contributed by atoms with E-state index >= 15 is 0 Å². The maximum absolute atomic E-state index is 13.5. The molecule has 2 aromatic carbocycles. The monoisotopic (exact) mass is 353 g/mol. The van der Waals surface area contributed by atoms with Gasteiger partial charge in [-0.25, -0.2) is 8.78 Å². The van der Waals surface area contributed by atoms with Crippen LogP contribution in [0.1, 0.15) is 11.7 Å². The first-order valence-electron chi connectivity index (χ1n) is 6.79. The van der Waals surface area contributed by atoms with E-state index in [-0.39, 0.29) is 23.0 Å². The molecule has 0 saturated carbocycles. The number of nitrogens with zero attached hydrogens (tertiary/aromatic N) is 1. The van der Waals surface area contributed by atoms with Gasteiger partial charge in [0.05, 0.1) is 16.7 Å². The Morgan fingerprint density at radius 3 is 2.50 bits per heavy atom. The summed E-state index contributed by atoms with van der Waals surface area (Å²) in [5, 5.41) is 25.9. The average Bonchev–Trinajstić information content (AvgIpc) is 2.55.